The van der Waals surface area contributed by atoms with Gasteiger partial charge in [0.1, 0.15) is 18.1 Å². The van der Waals surface area contributed by atoms with Crippen LogP contribution >= 0.6 is 0 Å². The zero-order valence-corrected chi connectivity index (χ0v) is 11.8. The minimum Gasteiger partial charge on any atom is -0.383 e. The number of carbonyl (C=O) groups is 1. The molecule has 21 heavy (non-hydrogen) atoms. The van der Waals surface area contributed by atoms with Crippen LogP contribution in [0.15, 0.2) is 18.2 Å². The van der Waals surface area contributed by atoms with Crippen molar-refractivity contribution in [2.24, 2.45) is 0 Å². The highest BCUT2D eigenvalue weighted by Gasteiger charge is 2.18. The standard InChI is InChI=1S/C17H17N3O/c1-2-9-20-17(18)15(11-21)16(19-20)14-8-7-12-5-3-4-6-13(12)10-14/h1,7-8,10-11H,3-6,9,18H2. The zero-order chi connectivity index (χ0) is 14.8. The van der Waals surface area contributed by atoms with Gasteiger partial charge in [0.25, 0.3) is 0 Å². The first-order valence-corrected chi connectivity index (χ1v) is 7.11. The molecule has 0 bridgehead atoms. The molecule has 0 saturated heterocycles. The molecule has 1 heterocycles. The summed E-state index contributed by atoms with van der Waals surface area (Å²) in [5, 5.41) is 4.41. The molecule has 0 radical (unpaired) electrons. The second kappa shape index (κ2) is 5.45. The van der Waals surface area contributed by atoms with Crippen LogP contribution in [0.5, 0.6) is 0 Å². The lowest BCUT2D eigenvalue weighted by molar-refractivity contribution is 0.112. The zero-order valence-electron chi connectivity index (χ0n) is 11.8. The summed E-state index contributed by atoms with van der Waals surface area (Å²) < 4.78 is 1.50. The summed E-state index contributed by atoms with van der Waals surface area (Å²) >= 11 is 0. The third-order valence-electron chi connectivity index (χ3n) is 4.01. The summed E-state index contributed by atoms with van der Waals surface area (Å²) in [7, 11) is 0. The molecule has 1 aromatic heterocycles. The van der Waals surface area contributed by atoms with E-state index in [1.165, 1.54) is 28.7 Å². The van der Waals surface area contributed by atoms with Crippen LogP contribution < -0.4 is 5.73 Å². The Morgan fingerprint density at radius 3 is 2.81 bits per heavy atom. The summed E-state index contributed by atoms with van der Waals surface area (Å²) in [6, 6.07) is 6.28. The lowest BCUT2D eigenvalue weighted by Gasteiger charge is -2.16. The number of hydrogen-bond donors (Lipinski definition) is 1. The Hall–Kier alpha value is -2.54. The predicted octanol–water partition coefficient (Wildman–Crippen LogP) is 2.46. The number of carbonyl (C=O) groups excluding carboxylic acids is 1. The molecule has 0 aliphatic heterocycles. The van der Waals surface area contributed by atoms with Crippen molar-refractivity contribution in [3.8, 4) is 23.6 Å². The van der Waals surface area contributed by atoms with Crippen molar-refractivity contribution in [2.45, 2.75) is 32.2 Å². The van der Waals surface area contributed by atoms with Crippen molar-refractivity contribution in [3.05, 3.63) is 34.9 Å². The largest absolute Gasteiger partial charge is 0.383 e. The van der Waals surface area contributed by atoms with Gasteiger partial charge in [0.2, 0.25) is 0 Å². The first kappa shape index (κ1) is 13.4. The molecule has 0 fully saturated rings. The minimum absolute atomic E-state index is 0.262. The van der Waals surface area contributed by atoms with Gasteiger partial charge in [0.15, 0.2) is 6.29 Å². The minimum atomic E-state index is 0.262. The Morgan fingerprint density at radius 2 is 2.10 bits per heavy atom. The van der Waals surface area contributed by atoms with Crippen LogP contribution in [0.25, 0.3) is 11.3 Å². The number of nitrogens with two attached hydrogens (primary N) is 1. The lowest BCUT2D eigenvalue weighted by Crippen LogP contribution is -2.04. The number of benzene rings is 1. The Bertz CT molecular complexity index is 737. The fraction of sp³-hybridized carbons (Fsp3) is 0.294. The molecular formula is C17H17N3O. The molecule has 4 heteroatoms. The maximum atomic E-state index is 11.3. The second-order valence-electron chi connectivity index (χ2n) is 5.32. The number of nitrogen functional groups attached to an aromatic ring is 1. The SMILES string of the molecule is C#CCn1nc(-c2ccc3c(c2)CCCC3)c(C=O)c1N. The van der Waals surface area contributed by atoms with Gasteiger partial charge in [-0.2, -0.15) is 5.10 Å². The molecule has 1 aliphatic carbocycles. The molecule has 1 aliphatic rings. The maximum Gasteiger partial charge on any atom is 0.156 e. The highest BCUT2D eigenvalue weighted by atomic mass is 16.1. The van der Waals surface area contributed by atoms with E-state index in [1.54, 1.807) is 0 Å². The molecule has 0 atom stereocenters. The fourth-order valence-corrected chi connectivity index (χ4v) is 2.91. The van der Waals surface area contributed by atoms with E-state index in [-0.39, 0.29) is 6.54 Å². The number of aryl methyl sites for hydroxylation is 2. The van der Waals surface area contributed by atoms with Gasteiger partial charge in [0, 0.05) is 5.56 Å². The number of hydrogen-bond acceptors (Lipinski definition) is 3. The number of nitrogens with zero attached hydrogens (tertiary/aromatic N) is 2. The maximum absolute atomic E-state index is 11.3. The molecule has 2 N–H and O–H groups in total. The second-order valence-corrected chi connectivity index (χ2v) is 5.32. The van der Waals surface area contributed by atoms with Crippen molar-refractivity contribution in [3.63, 3.8) is 0 Å². The fourth-order valence-electron chi connectivity index (χ4n) is 2.91. The molecule has 4 nitrogen and oxygen atoms in total. The van der Waals surface area contributed by atoms with Crippen LogP contribution in [0.4, 0.5) is 5.82 Å². The van der Waals surface area contributed by atoms with E-state index < -0.39 is 0 Å². The Balaban J connectivity index is 2.10. The van der Waals surface area contributed by atoms with E-state index in [0.717, 1.165) is 24.7 Å². The van der Waals surface area contributed by atoms with Crippen LogP contribution in [0.1, 0.15) is 34.3 Å². The number of aromatic nitrogens is 2. The van der Waals surface area contributed by atoms with Gasteiger partial charge in [-0.25, -0.2) is 4.68 Å². The topological polar surface area (TPSA) is 60.9 Å². The third-order valence-corrected chi connectivity index (χ3v) is 4.01. The molecule has 0 spiro atoms. The molecule has 2 aromatic rings. The van der Waals surface area contributed by atoms with E-state index in [2.05, 4.69) is 23.2 Å². The van der Waals surface area contributed by atoms with Gasteiger partial charge >= 0.3 is 0 Å². The van der Waals surface area contributed by atoms with E-state index in [9.17, 15) is 4.79 Å². The Morgan fingerprint density at radius 1 is 1.33 bits per heavy atom. The molecule has 1 aromatic carbocycles. The Labute approximate surface area is 124 Å². The van der Waals surface area contributed by atoms with E-state index in [0.29, 0.717) is 17.1 Å². The van der Waals surface area contributed by atoms with Crippen molar-refractivity contribution >= 4 is 12.1 Å². The van der Waals surface area contributed by atoms with Gasteiger partial charge in [-0.3, -0.25) is 4.79 Å². The molecule has 3 rings (SSSR count). The smallest absolute Gasteiger partial charge is 0.156 e. The first-order chi connectivity index (χ1) is 10.2. The predicted molar refractivity (Wildman–Crippen MR) is 82.9 cm³/mol. The van der Waals surface area contributed by atoms with E-state index in [1.807, 2.05) is 6.07 Å². The third kappa shape index (κ3) is 2.31. The van der Waals surface area contributed by atoms with Crippen LogP contribution in [-0.2, 0) is 19.4 Å². The lowest BCUT2D eigenvalue weighted by atomic mass is 9.89. The summed E-state index contributed by atoms with van der Waals surface area (Å²) in [6.45, 7) is 0.262. The van der Waals surface area contributed by atoms with Gasteiger partial charge in [-0.1, -0.05) is 18.1 Å². The quantitative estimate of drug-likeness (QED) is 0.693. The molecule has 106 valence electrons. The summed E-state index contributed by atoms with van der Waals surface area (Å²) in [4.78, 5) is 11.3. The van der Waals surface area contributed by atoms with Crippen LogP contribution in [-0.4, -0.2) is 16.1 Å². The molecule has 0 unspecified atom stereocenters. The van der Waals surface area contributed by atoms with Gasteiger partial charge in [-0.05, 0) is 42.9 Å². The van der Waals surface area contributed by atoms with Gasteiger partial charge in [-0.15, -0.1) is 6.42 Å². The van der Waals surface area contributed by atoms with Crippen molar-refractivity contribution in [1.29, 1.82) is 0 Å². The van der Waals surface area contributed by atoms with E-state index in [4.69, 9.17) is 12.2 Å². The van der Waals surface area contributed by atoms with Crippen LogP contribution in [0.3, 0.4) is 0 Å². The Kier molecular flexibility index (Phi) is 3.49. The van der Waals surface area contributed by atoms with E-state index >= 15 is 0 Å². The average molecular weight is 279 g/mol. The summed E-state index contributed by atoms with van der Waals surface area (Å²) in [5.41, 5.74) is 10.7. The van der Waals surface area contributed by atoms with Gasteiger partial charge in [0.05, 0.1) is 5.56 Å². The monoisotopic (exact) mass is 279 g/mol. The van der Waals surface area contributed by atoms with Crippen molar-refractivity contribution < 1.29 is 4.79 Å². The van der Waals surface area contributed by atoms with Crippen molar-refractivity contribution in [2.75, 3.05) is 5.73 Å². The first-order valence-electron chi connectivity index (χ1n) is 7.11. The molecular weight excluding hydrogens is 262 g/mol. The average Bonchev–Trinajstić information content (AvgIpc) is 2.83. The highest BCUT2D eigenvalue weighted by molar-refractivity contribution is 5.91. The van der Waals surface area contributed by atoms with Crippen LogP contribution in [0, 0.1) is 12.3 Å². The molecule has 0 amide bonds. The summed E-state index contributed by atoms with van der Waals surface area (Å²) in [6.07, 6.45) is 10.7. The normalized spacial score (nSPS) is 13.5. The van der Waals surface area contributed by atoms with Gasteiger partial charge < -0.3 is 5.73 Å². The number of fused-ring (bicyclic) bond motifs is 1. The molecule has 0 saturated carbocycles. The van der Waals surface area contributed by atoms with Crippen molar-refractivity contribution in [1.82, 2.24) is 9.78 Å². The number of aldehydes is 1. The highest BCUT2D eigenvalue weighted by Crippen LogP contribution is 2.30. The number of anilines is 1. The number of terminal acetylenes is 1. The number of rotatable bonds is 3. The van der Waals surface area contributed by atoms with Crippen LogP contribution in [0.2, 0.25) is 0 Å². The summed E-state index contributed by atoms with van der Waals surface area (Å²) in [5.74, 6) is 2.82.